The van der Waals surface area contributed by atoms with Crippen LogP contribution in [0.5, 0.6) is 0 Å². The summed E-state index contributed by atoms with van der Waals surface area (Å²) in [5.74, 6) is -2.95. The number of alkyl halides is 2. The predicted octanol–water partition coefficient (Wildman–Crippen LogP) is 4.37. The smallest absolute Gasteiger partial charge is 0.253 e. The maximum atomic E-state index is 15.5. The highest BCUT2D eigenvalue weighted by Gasteiger charge is 2.57. The summed E-state index contributed by atoms with van der Waals surface area (Å²) >= 11 is 1.33. The van der Waals surface area contributed by atoms with Gasteiger partial charge in [0.05, 0.1) is 28.8 Å². The van der Waals surface area contributed by atoms with Gasteiger partial charge >= 0.3 is 0 Å². The number of likely N-dealkylation sites (tertiary alicyclic amines) is 1. The highest BCUT2D eigenvalue weighted by molar-refractivity contribution is 8.02. The van der Waals surface area contributed by atoms with Crippen LogP contribution >= 0.6 is 12.1 Å². The van der Waals surface area contributed by atoms with Crippen LogP contribution in [0, 0.1) is 11.7 Å². The average molecular weight is 513 g/mol. The third kappa shape index (κ3) is 4.61. The minimum Gasteiger partial charge on any atom is -0.299 e. The summed E-state index contributed by atoms with van der Waals surface area (Å²) in [6.45, 7) is 1.86. The average Bonchev–Trinajstić information content (AvgIpc) is 3.26. The summed E-state index contributed by atoms with van der Waals surface area (Å²) in [6, 6.07) is 8.78. The Morgan fingerprint density at radius 3 is 2.53 bits per heavy atom. The first-order valence-electron chi connectivity index (χ1n) is 11.3. The first kappa shape index (κ1) is 23.7. The van der Waals surface area contributed by atoms with Gasteiger partial charge in [0.1, 0.15) is 15.7 Å². The van der Waals surface area contributed by atoms with Crippen molar-refractivity contribution in [2.24, 2.45) is 5.92 Å². The van der Waals surface area contributed by atoms with Gasteiger partial charge in [0.25, 0.3) is 5.92 Å². The van der Waals surface area contributed by atoms with Crippen LogP contribution in [-0.4, -0.2) is 62.4 Å². The van der Waals surface area contributed by atoms with E-state index in [2.05, 4.69) is 9.88 Å². The van der Waals surface area contributed by atoms with E-state index < -0.39 is 21.7 Å². The molecule has 1 unspecified atom stereocenters. The van der Waals surface area contributed by atoms with Crippen molar-refractivity contribution >= 4 is 33.5 Å². The van der Waals surface area contributed by atoms with Crippen molar-refractivity contribution in [3.63, 3.8) is 0 Å². The van der Waals surface area contributed by atoms with Crippen LogP contribution in [0.1, 0.15) is 24.8 Å². The predicted molar refractivity (Wildman–Crippen MR) is 129 cm³/mol. The molecule has 3 heterocycles. The monoisotopic (exact) mass is 512 g/mol. The van der Waals surface area contributed by atoms with Crippen LogP contribution < -0.4 is 8.61 Å². The molecule has 184 valence electrons. The van der Waals surface area contributed by atoms with E-state index in [-0.39, 0.29) is 24.0 Å². The summed E-state index contributed by atoms with van der Waals surface area (Å²) in [4.78, 5) is 6.74. The Hall–Kier alpha value is -1.98. The zero-order valence-electron chi connectivity index (χ0n) is 19.0. The molecule has 2 fully saturated rings. The second-order valence-corrected chi connectivity index (χ2v) is 12.9. The number of anilines is 2. The van der Waals surface area contributed by atoms with Crippen molar-refractivity contribution in [3.8, 4) is 11.3 Å². The quantitative estimate of drug-likeness (QED) is 0.533. The fourth-order valence-electron chi connectivity index (χ4n) is 4.68. The third-order valence-electron chi connectivity index (χ3n) is 6.87. The van der Waals surface area contributed by atoms with Gasteiger partial charge in [0.15, 0.2) is 5.82 Å². The lowest BCUT2D eigenvalue weighted by Gasteiger charge is -2.31. The maximum Gasteiger partial charge on any atom is 0.253 e. The van der Waals surface area contributed by atoms with Gasteiger partial charge in [-0.1, -0.05) is 12.1 Å². The normalized spacial score (nSPS) is 22.8. The molecule has 11 heteroatoms. The number of aromatic nitrogens is 1. The van der Waals surface area contributed by atoms with Crippen molar-refractivity contribution in [2.75, 3.05) is 41.5 Å². The minimum atomic E-state index is -3.05. The minimum absolute atomic E-state index is 0.0848. The molecule has 34 heavy (non-hydrogen) atoms. The summed E-state index contributed by atoms with van der Waals surface area (Å²) < 4.78 is 69.5. The van der Waals surface area contributed by atoms with E-state index in [1.54, 1.807) is 24.3 Å². The largest absolute Gasteiger partial charge is 0.299 e. The lowest BCUT2D eigenvalue weighted by atomic mass is 10.0. The second-order valence-electron chi connectivity index (χ2n) is 9.43. The molecule has 3 aliphatic rings. The van der Waals surface area contributed by atoms with Crippen LogP contribution in [0.3, 0.4) is 0 Å². The summed E-state index contributed by atoms with van der Waals surface area (Å²) in [5, 5.41) is -0.323. The molecule has 1 atom stereocenters. The Bertz CT molecular complexity index is 1200. The lowest BCUT2D eigenvalue weighted by molar-refractivity contribution is 0.101. The third-order valence-corrected chi connectivity index (χ3v) is 9.52. The van der Waals surface area contributed by atoms with E-state index in [0.29, 0.717) is 55.1 Å². The topological polar surface area (TPSA) is 56.8 Å². The SMILES string of the molecule is CN1SN(CC2CC2(F)F)c2ccc(-c3cccc(CN4CCC(S(C)(=O)=O)CC4)c3F)nc21. The van der Waals surface area contributed by atoms with Crippen molar-refractivity contribution in [1.29, 1.82) is 0 Å². The number of halogens is 3. The molecule has 5 rings (SSSR count). The van der Waals surface area contributed by atoms with Crippen LogP contribution in [-0.2, 0) is 16.4 Å². The molecule has 0 bridgehead atoms. The second kappa shape index (κ2) is 8.60. The van der Waals surface area contributed by atoms with Gasteiger partial charge in [-0.3, -0.25) is 13.5 Å². The zero-order valence-corrected chi connectivity index (χ0v) is 20.7. The van der Waals surface area contributed by atoms with E-state index in [0.717, 1.165) is 5.69 Å². The van der Waals surface area contributed by atoms with Gasteiger partial charge in [0, 0.05) is 49.9 Å². The van der Waals surface area contributed by atoms with Crippen molar-refractivity contribution < 1.29 is 21.6 Å². The Morgan fingerprint density at radius 2 is 1.88 bits per heavy atom. The molecule has 2 aromatic rings. The van der Waals surface area contributed by atoms with E-state index in [1.807, 2.05) is 21.7 Å². The van der Waals surface area contributed by atoms with Gasteiger partial charge in [-0.25, -0.2) is 26.6 Å². The zero-order chi connectivity index (χ0) is 24.3. The summed E-state index contributed by atoms with van der Waals surface area (Å²) in [6.07, 6.45) is 2.30. The van der Waals surface area contributed by atoms with Crippen molar-refractivity contribution in [1.82, 2.24) is 9.88 Å². The number of benzene rings is 1. The van der Waals surface area contributed by atoms with Gasteiger partial charge in [-0.05, 0) is 44.1 Å². The summed E-state index contributed by atoms with van der Waals surface area (Å²) in [5.41, 5.74) is 2.17. The molecular formula is C23H27F3N4O2S2. The molecule has 1 aromatic carbocycles. The molecule has 6 nitrogen and oxygen atoms in total. The van der Waals surface area contributed by atoms with Gasteiger partial charge in [-0.2, -0.15) is 0 Å². The van der Waals surface area contributed by atoms with E-state index >= 15 is 4.39 Å². The highest BCUT2D eigenvalue weighted by Crippen LogP contribution is 2.52. The van der Waals surface area contributed by atoms with Crippen LogP contribution in [0.15, 0.2) is 30.3 Å². The Balaban J connectivity index is 1.32. The fourth-order valence-corrected chi connectivity index (χ4v) is 6.74. The number of sulfone groups is 1. The standard InChI is InChI=1S/C23H27F3N4O2S2/c1-28-22-20(30(33-28)14-16-12-23(16,25)26)7-6-19(27-22)18-5-3-4-15(21(18)24)13-29-10-8-17(9-11-29)34(2,31)32/h3-7,16-17H,8-14H2,1-2H3. The molecule has 2 aliphatic heterocycles. The Labute approximate surface area is 202 Å². The number of hydrogen-bond acceptors (Lipinski definition) is 7. The van der Waals surface area contributed by atoms with E-state index in [4.69, 9.17) is 0 Å². The Morgan fingerprint density at radius 1 is 1.18 bits per heavy atom. The number of hydrogen-bond donors (Lipinski definition) is 0. The number of pyridine rings is 1. The molecular weight excluding hydrogens is 485 g/mol. The molecule has 0 radical (unpaired) electrons. The first-order chi connectivity index (χ1) is 16.0. The van der Waals surface area contributed by atoms with Crippen LogP contribution in [0.2, 0.25) is 0 Å². The molecule has 1 aromatic heterocycles. The highest BCUT2D eigenvalue weighted by atomic mass is 32.2. The van der Waals surface area contributed by atoms with E-state index in [9.17, 15) is 17.2 Å². The number of piperidine rings is 1. The molecule has 0 spiro atoms. The number of rotatable bonds is 6. The first-order valence-corrected chi connectivity index (χ1v) is 14.0. The number of fused-ring (bicyclic) bond motifs is 1. The maximum absolute atomic E-state index is 15.5. The Kier molecular flexibility index (Phi) is 6.01. The lowest BCUT2D eigenvalue weighted by Crippen LogP contribution is -2.38. The molecule has 0 N–H and O–H groups in total. The van der Waals surface area contributed by atoms with Crippen molar-refractivity contribution in [3.05, 3.63) is 41.7 Å². The fraction of sp³-hybridized carbons (Fsp3) is 0.522. The van der Waals surface area contributed by atoms with Crippen LogP contribution in [0.25, 0.3) is 11.3 Å². The molecule has 1 saturated heterocycles. The van der Waals surface area contributed by atoms with Gasteiger partial charge in [-0.15, -0.1) is 0 Å². The number of nitrogens with zero attached hydrogens (tertiary/aromatic N) is 4. The van der Waals surface area contributed by atoms with Crippen molar-refractivity contribution in [2.45, 2.75) is 37.0 Å². The van der Waals surface area contributed by atoms with Gasteiger partial charge < -0.3 is 0 Å². The van der Waals surface area contributed by atoms with Crippen LogP contribution in [0.4, 0.5) is 24.7 Å². The molecule has 0 amide bonds. The molecule has 1 aliphatic carbocycles. The summed E-state index contributed by atoms with van der Waals surface area (Å²) in [7, 11) is -1.23. The molecule has 1 saturated carbocycles. The van der Waals surface area contributed by atoms with Gasteiger partial charge in [0.2, 0.25) is 0 Å². The van der Waals surface area contributed by atoms with E-state index in [1.165, 1.54) is 18.4 Å².